The van der Waals surface area contributed by atoms with Gasteiger partial charge in [-0.25, -0.2) is 9.69 Å². The van der Waals surface area contributed by atoms with E-state index >= 15 is 0 Å². The fraction of sp³-hybridized carbons (Fsp3) is 0.0435. The van der Waals surface area contributed by atoms with Gasteiger partial charge in [-0.05, 0) is 106 Å². The Morgan fingerprint density at radius 3 is 1.33 bits per heavy atom. The predicted octanol–water partition coefficient (Wildman–Crippen LogP) is 12.2. The SMILES string of the molecule is [C-]#[N+]c1ccc2c(c1)c1ccccc1n2-c1ccc2c(c1)-c1cc(-n3c4ccccc4c4cc([N+]#[C-])ccc43)ccc1CN(c1ccccc1)C2. The van der Waals surface area contributed by atoms with Crippen LogP contribution in [0.15, 0.2) is 152 Å². The first-order valence-electron chi connectivity index (χ1n) is 17.1. The largest absolute Gasteiger partial charge is 0.363 e. The number of fused-ring (bicyclic) bond motifs is 9. The molecule has 0 spiro atoms. The van der Waals surface area contributed by atoms with E-state index in [1.807, 2.05) is 24.3 Å². The molecule has 51 heavy (non-hydrogen) atoms. The van der Waals surface area contributed by atoms with Crippen LogP contribution in [0.2, 0.25) is 0 Å². The maximum atomic E-state index is 7.65. The number of hydrogen-bond acceptors (Lipinski definition) is 1. The van der Waals surface area contributed by atoms with Crippen LogP contribution in [-0.2, 0) is 13.1 Å². The highest BCUT2D eigenvalue weighted by Crippen LogP contribution is 2.41. The fourth-order valence-corrected chi connectivity index (χ4v) is 8.09. The molecule has 5 nitrogen and oxygen atoms in total. The molecule has 0 amide bonds. The summed E-state index contributed by atoms with van der Waals surface area (Å²) in [5, 5.41) is 4.44. The molecule has 2 aromatic heterocycles. The molecular formula is C46H29N5. The monoisotopic (exact) mass is 651 g/mol. The van der Waals surface area contributed by atoms with Gasteiger partial charge in [0.05, 0.1) is 35.2 Å². The molecular weight excluding hydrogens is 623 g/mol. The molecule has 1 aliphatic heterocycles. The molecule has 3 heterocycles. The molecule has 9 aromatic rings. The average Bonchev–Trinajstić information content (AvgIpc) is 3.64. The van der Waals surface area contributed by atoms with Crippen molar-refractivity contribution in [3.05, 3.63) is 186 Å². The van der Waals surface area contributed by atoms with Gasteiger partial charge in [0.25, 0.3) is 0 Å². The van der Waals surface area contributed by atoms with E-state index in [2.05, 4.69) is 151 Å². The Labute approximate surface area is 295 Å². The van der Waals surface area contributed by atoms with Crippen molar-refractivity contribution in [2.75, 3.05) is 4.90 Å². The summed E-state index contributed by atoms with van der Waals surface area (Å²) in [7, 11) is 0. The molecule has 10 rings (SSSR count). The van der Waals surface area contributed by atoms with E-state index in [-0.39, 0.29) is 0 Å². The van der Waals surface area contributed by atoms with Crippen LogP contribution in [0.4, 0.5) is 17.1 Å². The van der Waals surface area contributed by atoms with Gasteiger partial charge >= 0.3 is 0 Å². The van der Waals surface area contributed by atoms with E-state index in [9.17, 15) is 0 Å². The third-order valence-electron chi connectivity index (χ3n) is 10.4. The lowest BCUT2D eigenvalue weighted by Gasteiger charge is -2.24. The van der Waals surface area contributed by atoms with Crippen molar-refractivity contribution in [1.82, 2.24) is 9.13 Å². The van der Waals surface area contributed by atoms with Gasteiger partial charge in [-0.15, -0.1) is 0 Å². The first-order valence-corrected chi connectivity index (χ1v) is 17.1. The Morgan fingerprint density at radius 2 is 0.843 bits per heavy atom. The molecule has 0 N–H and O–H groups in total. The van der Waals surface area contributed by atoms with Gasteiger partial charge in [-0.3, -0.25) is 0 Å². The molecule has 5 heteroatoms. The van der Waals surface area contributed by atoms with Crippen LogP contribution in [0.3, 0.4) is 0 Å². The Bertz CT molecular complexity index is 2770. The lowest BCUT2D eigenvalue weighted by atomic mass is 9.95. The van der Waals surface area contributed by atoms with Crippen LogP contribution < -0.4 is 4.90 Å². The summed E-state index contributed by atoms with van der Waals surface area (Å²) in [5.74, 6) is 0. The van der Waals surface area contributed by atoms with Crippen LogP contribution in [0.5, 0.6) is 0 Å². The number of benzene rings is 7. The van der Waals surface area contributed by atoms with Crippen molar-refractivity contribution in [2.45, 2.75) is 13.1 Å². The van der Waals surface area contributed by atoms with E-state index in [1.165, 1.54) is 27.9 Å². The van der Waals surface area contributed by atoms with Gasteiger partial charge in [0.1, 0.15) is 0 Å². The van der Waals surface area contributed by atoms with Crippen LogP contribution in [0.25, 0.3) is 75.8 Å². The van der Waals surface area contributed by atoms with Crippen LogP contribution in [0, 0.1) is 13.1 Å². The van der Waals surface area contributed by atoms with Crippen molar-refractivity contribution >= 4 is 60.7 Å². The summed E-state index contributed by atoms with van der Waals surface area (Å²) in [5.41, 5.74) is 14.0. The second-order valence-corrected chi connectivity index (χ2v) is 13.2. The quantitative estimate of drug-likeness (QED) is 0.174. The van der Waals surface area contributed by atoms with E-state index < -0.39 is 0 Å². The fourth-order valence-electron chi connectivity index (χ4n) is 8.09. The minimum atomic E-state index is 0.644. The number of nitrogens with zero attached hydrogens (tertiary/aromatic N) is 5. The van der Waals surface area contributed by atoms with Crippen molar-refractivity contribution in [1.29, 1.82) is 0 Å². The third kappa shape index (κ3) is 4.46. The van der Waals surface area contributed by atoms with Gasteiger partial charge in [0, 0.05) is 40.9 Å². The van der Waals surface area contributed by atoms with E-state index in [0.717, 1.165) is 68.1 Å². The van der Waals surface area contributed by atoms with Crippen molar-refractivity contribution in [3.8, 4) is 22.5 Å². The first-order chi connectivity index (χ1) is 25.2. The second kappa shape index (κ2) is 11.2. The Morgan fingerprint density at radius 1 is 0.392 bits per heavy atom. The van der Waals surface area contributed by atoms with Gasteiger partial charge in [-0.1, -0.05) is 78.9 Å². The number of hydrogen-bond donors (Lipinski definition) is 0. The Kier molecular flexibility index (Phi) is 6.37. The molecule has 0 atom stereocenters. The second-order valence-electron chi connectivity index (χ2n) is 13.2. The summed E-state index contributed by atoms with van der Waals surface area (Å²) in [6, 6.07) is 53.4. The molecule has 0 bridgehead atoms. The zero-order valence-electron chi connectivity index (χ0n) is 27.6. The highest BCUT2D eigenvalue weighted by atomic mass is 15.1. The summed E-state index contributed by atoms with van der Waals surface area (Å²) in [6.45, 7) is 16.9. The summed E-state index contributed by atoms with van der Waals surface area (Å²) in [6.07, 6.45) is 0. The maximum Gasteiger partial charge on any atom is 0.188 e. The maximum absolute atomic E-state index is 7.65. The normalized spacial score (nSPS) is 12.5. The summed E-state index contributed by atoms with van der Waals surface area (Å²) >= 11 is 0. The summed E-state index contributed by atoms with van der Waals surface area (Å²) < 4.78 is 4.67. The highest BCUT2D eigenvalue weighted by molar-refractivity contribution is 6.11. The molecule has 7 aromatic carbocycles. The number of rotatable bonds is 3. The molecule has 0 radical (unpaired) electrons. The molecule has 0 fully saturated rings. The van der Waals surface area contributed by atoms with E-state index in [4.69, 9.17) is 13.1 Å². The summed E-state index contributed by atoms with van der Waals surface area (Å²) in [4.78, 5) is 9.92. The Balaban J connectivity index is 1.23. The molecule has 0 unspecified atom stereocenters. The van der Waals surface area contributed by atoms with E-state index in [0.29, 0.717) is 11.4 Å². The number of anilines is 1. The van der Waals surface area contributed by atoms with Gasteiger partial charge < -0.3 is 14.0 Å². The van der Waals surface area contributed by atoms with Gasteiger partial charge in [0.2, 0.25) is 0 Å². The van der Waals surface area contributed by atoms with Crippen LogP contribution >= 0.6 is 0 Å². The van der Waals surface area contributed by atoms with Gasteiger partial charge in [-0.2, -0.15) is 0 Å². The molecule has 0 aliphatic carbocycles. The van der Waals surface area contributed by atoms with Crippen molar-refractivity contribution in [2.24, 2.45) is 0 Å². The van der Waals surface area contributed by atoms with Crippen molar-refractivity contribution in [3.63, 3.8) is 0 Å². The smallest absolute Gasteiger partial charge is 0.188 e. The zero-order valence-corrected chi connectivity index (χ0v) is 27.6. The zero-order chi connectivity index (χ0) is 34.1. The molecule has 1 aliphatic rings. The number of para-hydroxylation sites is 3. The van der Waals surface area contributed by atoms with Gasteiger partial charge in [0.15, 0.2) is 11.4 Å². The minimum Gasteiger partial charge on any atom is -0.363 e. The third-order valence-corrected chi connectivity index (χ3v) is 10.4. The predicted molar refractivity (Wildman–Crippen MR) is 209 cm³/mol. The Hall–Kier alpha value is -7.08. The lowest BCUT2D eigenvalue weighted by Crippen LogP contribution is -2.20. The standard InChI is InChI=1S/C46H29N5/c1-47-32-18-22-45-41(24-32)37-12-6-8-14-43(37)50(45)35-20-16-30-28-49(34-10-4-3-5-11-34)29-31-17-21-36(27-40(31)39(30)26-35)51-44-15-9-7-13-38(44)42-25-33(48-2)19-23-46(42)51/h3-27H,28-29H2. The van der Waals surface area contributed by atoms with E-state index in [1.54, 1.807) is 0 Å². The first kappa shape index (κ1) is 28.9. The number of aromatic nitrogens is 2. The van der Waals surface area contributed by atoms with Crippen molar-refractivity contribution < 1.29 is 0 Å². The topological polar surface area (TPSA) is 21.8 Å². The van der Waals surface area contributed by atoms with Crippen LogP contribution in [0.1, 0.15) is 11.1 Å². The highest BCUT2D eigenvalue weighted by Gasteiger charge is 2.23. The average molecular weight is 652 g/mol. The van der Waals surface area contributed by atoms with Crippen LogP contribution in [-0.4, -0.2) is 9.13 Å². The lowest BCUT2D eigenvalue weighted by molar-refractivity contribution is 0.812. The minimum absolute atomic E-state index is 0.644. The molecule has 0 saturated heterocycles. The molecule has 238 valence electrons. The molecule has 0 saturated carbocycles.